The fraction of sp³-hybridized carbons (Fsp3) is 0.304. The molecular weight excluding hydrogens is 472 g/mol. The lowest BCUT2D eigenvalue weighted by atomic mass is 9.98. The van der Waals surface area contributed by atoms with Gasteiger partial charge in [-0.05, 0) is 44.0 Å². The molecular formula is C23H21F2NO7S. The molecule has 2 aromatic carbocycles. The van der Waals surface area contributed by atoms with Crippen molar-refractivity contribution in [3.8, 4) is 5.75 Å². The molecule has 0 aliphatic carbocycles. The van der Waals surface area contributed by atoms with Crippen molar-refractivity contribution in [2.24, 2.45) is 5.92 Å². The number of hydrogen-bond donors (Lipinski definition) is 1. The summed E-state index contributed by atoms with van der Waals surface area (Å²) in [5.41, 5.74) is 0.340. The molecule has 1 saturated heterocycles. The van der Waals surface area contributed by atoms with E-state index in [0.717, 1.165) is 16.4 Å². The first-order valence-corrected chi connectivity index (χ1v) is 11.9. The molecule has 0 radical (unpaired) electrons. The zero-order valence-electron chi connectivity index (χ0n) is 18.1. The van der Waals surface area contributed by atoms with Gasteiger partial charge in [0.2, 0.25) is 10.0 Å². The van der Waals surface area contributed by atoms with Crippen LogP contribution in [0.15, 0.2) is 50.5 Å². The van der Waals surface area contributed by atoms with Gasteiger partial charge in [-0.2, -0.15) is 4.31 Å². The molecule has 0 bridgehead atoms. The number of hydrogen-bond acceptors (Lipinski definition) is 7. The highest BCUT2D eigenvalue weighted by Gasteiger charge is 2.34. The van der Waals surface area contributed by atoms with Crippen molar-refractivity contribution >= 4 is 27.0 Å². The van der Waals surface area contributed by atoms with Gasteiger partial charge in [-0.25, -0.2) is 22.0 Å². The number of fused-ring (bicyclic) bond motifs is 1. The number of piperidine rings is 1. The number of benzene rings is 2. The van der Waals surface area contributed by atoms with Crippen molar-refractivity contribution in [2.75, 3.05) is 13.1 Å². The summed E-state index contributed by atoms with van der Waals surface area (Å²) in [6.45, 7) is 1.32. The minimum absolute atomic E-state index is 0.0325. The van der Waals surface area contributed by atoms with Crippen molar-refractivity contribution in [3.63, 3.8) is 0 Å². The Bertz CT molecular complexity index is 1430. The number of phenolic OH excluding ortho intramolecular Hbond substituents is 1. The third-order valence-electron chi connectivity index (χ3n) is 5.89. The summed E-state index contributed by atoms with van der Waals surface area (Å²) in [7, 11) is -4.18. The SMILES string of the molecule is Cc1c(O)ccc2c(COC(=O)C3CCN(S(=O)(=O)c4ccc(F)cc4F)CC3)cc(=O)oc12. The van der Waals surface area contributed by atoms with Crippen LogP contribution in [-0.2, 0) is 26.2 Å². The van der Waals surface area contributed by atoms with E-state index in [2.05, 4.69) is 0 Å². The minimum atomic E-state index is -4.18. The number of nitrogens with zero attached hydrogens (tertiary/aromatic N) is 1. The largest absolute Gasteiger partial charge is 0.508 e. The van der Waals surface area contributed by atoms with Crippen molar-refractivity contribution in [1.82, 2.24) is 4.31 Å². The van der Waals surface area contributed by atoms with E-state index in [1.54, 1.807) is 13.0 Å². The van der Waals surface area contributed by atoms with E-state index in [9.17, 15) is 31.9 Å². The monoisotopic (exact) mass is 493 g/mol. The molecule has 0 saturated carbocycles. The topological polar surface area (TPSA) is 114 Å². The van der Waals surface area contributed by atoms with Crippen LogP contribution in [0.2, 0.25) is 0 Å². The Morgan fingerprint density at radius 3 is 2.56 bits per heavy atom. The Kier molecular flexibility index (Phi) is 6.41. The number of sulfonamides is 1. The predicted octanol–water partition coefficient (Wildman–Crippen LogP) is 3.23. The highest BCUT2D eigenvalue weighted by atomic mass is 32.2. The molecule has 1 aliphatic heterocycles. The minimum Gasteiger partial charge on any atom is -0.508 e. The molecule has 0 unspecified atom stereocenters. The highest BCUT2D eigenvalue weighted by molar-refractivity contribution is 7.89. The number of aryl methyl sites for hydroxylation is 1. The zero-order chi connectivity index (χ0) is 24.6. The molecule has 1 N–H and O–H groups in total. The molecule has 1 aliphatic rings. The van der Waals surface area contributed by atoms with Crippen LogP contribution in [0.1, 0.15) is 24.0 Å². The third kappa shape index (κ3) is 4.53. The Morgan fingerprint density at radius 2 is 1.88 bits per heavy atom. The number of phenols is 1. The summed E-state index contributed by atoms with van der Waals surface area (Å²) < 4.78 is 64.1. The first kappa shape index (κ1) is 23.8. The van der Waals surface area contributed by atoms with Gasteiger partial charge >= 0.3 is 11.6 Å². The normalized spacial score (nSPS) is 15.5. The number of aromatic hydroxyl groups is 1. The van der Waals surface area contributed by atoms with E-state index in [4.69, 9.17) is 9.15 Å². The molecule has 180 valence electrons. The van der Waals surface area contributed by atoms with Gasteiger partial charge in [0, 0.05) is 41.7 Å². The molecule has 11 heteroatoms. The number of carbonyl (C=O) groups excluding carboxylic acids is 1. The Balaban J connectivity index is 1.42. The molecule has 2 heterocycles. The van der Waals surface area contributed by atoms with E-state index in [0.29, 0.717) is 22.6 Å². The van der Waals surface area contributed by atoms with Crippen molar-refractivity contribution in [1.29, 1.82) is 0 Å². The van der Waals surface area contributed by atoms with Gasteiger partial charge in [0.1, 0.15) is 34.5 Å². The van der Waals surface area contributed by atoms with Crippen LogP contribution in [0, 0.1) is 24.5 Å². The Hall–Kier alpha value is -3.31. The maximum atomic E-state index is 14.0. The van der Waals surface area contributed by atoms with Gasteiger partial charge < -0.3 is 14.3 Å². The fourth-order valence-corrected chi connectivity index (χ4v) is 5.47. The van der Waals surface area contributed by atoms with Gasteiger partial charge in [-0.3, -0.25) is 4.79 Å². The molecule has 0 spiro atoms. The van der Waals surface area contributed by atoms with E-state index >= 15 is 0 Å². The maximum Gasteiger partial charge on any atom is 0.336 e. The Labute approximate surface area is 193 Å². The quantitative estimate of drug-likeness (QED) is 0.429. The van der Waals surface area contributed by atoms with Crippen LogP contribution in [-0.4, -0.2) is 36.9 Å². The Morgan fingerprint density at radius 1 is 1.18 bits per heavy atom. The number of esters is 1. The lowest BCUT2D eigenvalue weighted by molar-refractivity contribution is -0.151. The molecule has 0 amide bonds. The summed E-state index contributed by atoms with van der Waals surface area (Å²) >= 11 is 0. The second-order valence-electron chi connectivity index (χ2n) is 8.04. The van der Waals surface area contributed by atoms with Crippen LogP contribution in [0.25, 0.3) is 11.0 Å². The van der Waals surface area contributed by atoms with Gasteiger partial charge in [0.15, 0.2) is 0 Å². The number of rotatable bonds is 5. The summed E-state index contributed by atoms with van der Waals surface area (Å²) in [6, 6.07) is 6.47. The first-order chi connectivity index (χ1) is 16.1. The van der Waals surface area contributed by atoms with Gasteiger partial charge in [0.25, 0.3) is 0 Å². The van der Waals surface area contributed by atoms with Crippen LogP contribution in [0.3, 0.4) is 0 Å². The number of carbonyl (C=O) groups is 1. The number of halogens is 2. The van der Waals surface area contributed by atoms with Crippen molar-refractivity contribution < 1.29 is 36.3 Å². The lowest BCUT2D eigenvalue weighted by Crippen LogP contribution is -2.40. The van der Waals surface area contributed by atoms with Gasteiger partial charge in [0.05, 0.1) is 5.92 Å². The van der Waals surface area contributed by atoms with Gasteiger partial charge in [-0.15, -0.1) is 0 Å². The van der Waals surface area contributed by atoms with E-state index < -0.39 is 44.1 Å². The average molecular weight is 493 g/mol. The second kappa shape index (κ2) is 9.15. The molecule has 1 aromatic heterocycles. The van der Waals surface area contributed by atoms with Crippen molar-refractivity contribution in [2.45, 2.75) is 31.3 Å². The van der Waals surface area contributed by atoms with E-state index in [1.165, 1.54) is 12.1 Å². The van der Waals surface area contributed by atoms with E-state index in [-0.39, 0.29) is 43.9 Å². The zero-order valence-corrected chi connectivity index (χ0v) is 18.9. The van der Waals surface area contributed by atoms with E-state index in [1.807, 2.05) is 0 Å². The highest BCUT2D eigenvalue weighted by Crippen LogP contribution is 2.29. The van der Waals surface area contributed by atoms with Crippen LogP contribution in [0.5, 0.6) is 5.75 Å². The van der Waals surface area contributed by atoms with Crippen LogP contribution >= 0.6 is 0 Å². The van der Waals surface area contributed by atoms with Gasteiger partial charge in [-0.1, -0.05) is 0 Å². The third-order valence-corrected chi connectivity index (χ3v) is 7.82. The summed E-state index contributed by atoms with van der Waals surface area (Å²) in [4.78, 5) is 23.9. The summed E-state index contributed by atoms with van der Waals surface area (Å²) in [5.74, 6) is -3.23. The van der Waals surface area contributed by atoms with Crippen LogP contribution < -0.4 is 5.63 Å². The summed E-state index contributed by atoms with van der Waals surface area (Å²) in [5, 5.41) is 10.4. The average Bonchev–Trinajstić information content (AvgIpc) is 2.79. The maximum absolute atomic E-state index is 14.0. The first-order valence-electron chi connectivity index (χ1n) is 10.4. The molecule has 1 fully saturated rings. The lowest BCUT2D eigenvalue weighted by Gasteiger charge is -2.30. The molecule has 34 heavy (non-hydrogen) atoms. The van der Waals surface area contributed by atoms with Crippen molar-refractivity contribution in [3.05, 3.63) is 69.6 Å². The number of ether oxygens (including phenoxy) is 1. The molecule has 4 rings (SSSR count). The molecule has 8 nitrogen and oxygen atoms in total. The fourth-order valence-electron chi connectivity index (χ4n) is 3.96. The molecule has 3 aromatic rings. The molecule has 0 atom stereocenters. The predicted molar refractivity (Wildman–Crippen MR) is 117 cm³/mol. The smallest absolute Gasteiger partial charge is 0.336 e. The summed E-state index contributed by atoms with van der Waals surface area (Å²) in [6.07, 6.45) is 0.317. The standard InChI is InChI=1S/C23H21F2NO7S/c1-13-19(27)4-3-17-15(10-21(28)33-22(13)17)12-32-23(29)14-6-8-26(9-7-14)34(30,31)20-5-2-16(24)11-18(20)25/h2-5,10-11,14,27H,6-9,12H2,1H3. The second-order valence-corrected chi connectivity index (χ2v) is 9.94. The van der Waals surface area contributed by atoms with Crippen LogP contribution in [0.4, 0.5) is 8.78 Å².